The summed E-state index contributed by atoms with van der Waals surface area (Å²) in [6.45, 7) is 1.81. The fourth-order valence-corrected chi connectivity index (χ4v) is 1.42. The molecule has 2 aromatic rings. The first kappa shape index (κ1) is 10.9. The Morgan fingerprint density at radius 2 is 1.81 bits per heavy atom. The minimum absolute atomic E-state index is 0.224. The number of halogens is 2. The molecule has 0 radical (unpaired) electrons. The summed E-state index contributed by atoms with van der Waals surface area (Å²) in [4.78, 5) is 4.07. The number of hydrogen-bond donors (Lipinski definition) is 1. The van der Waals surface area contributed by atoms with Crippen LogP contribution in [0.5, 0.6) is 0 Å². The molecule has 0 saturated carbocycles. The van der Waals surface area contributed by atoms with Crippen LogP contribution in [0.4, 0.5) is 15.9 Å². The average Bonchev–Trinajstić information content (AvgIpc) is 2.27. The van der Waals surface area contributed by atoms with Crippen molar-refractivity contribution >= 4 is 23.1 Å². The second kappa shape index (κ2) is 4.49. The van der Waals surface area contributed by atoms with Crippen LogP contribution in [0.1, 0.15) is 5.69 Å². The largest absolute Gasteiger partial charge is 0.338 e. The number of benzene rings is 1. The molecule has 0 fully saturated rings. The van der Waals surface area contributed by atoms with Gasteiger partial charge in [-0.25, -0.2) is 9.37 Å². The van der Waals surface area contributed by atoms with Crippen LogP contribution in [0.3, 0.4) is 0 Å². The zero-order valence-electron chi connectivity index (χ0n) is 8.67. The molecule has 4 heteroatoms. The Labute approximate surface area is 98.1 Å². The normalized spacial score (nSPS) is 10.2. The zero-order chi connectivity index (χ0) is 11.5. The third kappa shape index (κ3) is 2.49. The first-order valence-electron chi connectivity index (χ1n) is 4.81. The van der Waals surface area contributed by atoms with Crippen molar-refractivity contribution in [2.45, 2.75) is 6.92 Å². The van der Waals surface area contributed by atoms with Gasteiger partial charge in [-0.15, -0.1) is 0 Å². The van der Waals surface area contributed by atoms with Crippen LogP contribution in [0, 0.1) is 12.7 Å². The molecular formula is C12H10ClFN2. The minimum atomic E-state index is -0.374. The number of hydrogen-bond acceptors (Lipinski definition) is 2. The van der Waals surface area contributed by atoms with Crippen LogP contribution < -0.4 is 5.32 Å². The van der Waals surface area contributed by atoms with E-state index in [1.54, 1.807) is 30.3 Å². The second-order valence-corrected chi connectivity index (χ2v) is 3.85. The summed E-state index contributed by atoms with van der Waals surface area (Å²) >= 11 is 5.75. The van der Waals surface area contributed by atoms with Crippen molar-refractivity contribution in [2.75, 3.05) is 5.32 Å². The van der Waals surface area contributed by atoms with Crippen LogP contribution in [0.25, 0.3) is 0 Å². The number of pyridine rings is 1. The van der Waals surface area contributed by atoms with Gasteiger partial charge in [0.25, 0.3) is 0 Å². The van der Waals surface area contributed by atoms with E-state index in [1.165, 1.54) is 6.07 Å². The van der Waals surface area contributed by atoms with Gasteiger partial charge in [0.05, 0.1) is 0 Å². The lowest BCUT2D eigenvalue weighted by atomic mass is 10.3. The third-order valence-electron chi connectivity index (χ3n) is 2.09. The van der Waals surface area contributed by atoms with Crippen molar-refractivity contribution in [3.63, 3.8) is 0 Å². The SMILES string of the molecule is Cc1ccc(F)c(Nc2ccc(Cl)cc2)n1. The van der Waals surface area contributed by atoms with Gasteiger partial charge in [-0.3, -0.25) is 0 Å². The maximum absolute atomic E-state index is 13.4. The van der Waals surface area contributed by atoms with E-state index in [0.717, 1.165) is 11.4 Å². The summed E-state index contributed by atoms with van der Waals surface area (Å²) in [7, 11) is 0. The topological polar surface area (TPSA) is 24.9 Å². The second-order valence-electron chi connectivity index (χ2n) is 3.41. The highest BCUT2D eigenvalue weighted by Gasteiger charge is 2.03. The molecular weight excluding hydrogens is 227 g/mol. The van der Waals surface area contributed by atoms with Crippen LogP contribution in [-0.4, -0.2) is 4.98 Å². The fraction of sp³-hybridized carbons (Fsp3) is 0.0833. The quantitative estimate of drug-likeness (QED) is 0.855. The van der Waals surface area contributed by atoms with Crippen molar-refractivity contribution in [1.82, 2.24) is 4.98 Å². The van der Waals surface area contributed by atoms with E-state index in [9.17, 15) is 4.39 Å². The van der Waals surface area contributed by atoms with Crippen molar-refractivity contribution in [3.8, 4) is 0 Å². The van der Waals surface area contributed by atoms with Gasteiger partial charge in [0, 0.05) is 16.4 Å². The van der Waals surface area contributed by atoms with E-state index in [0.29, 0.717) is 5.02 Å². The van der Waals surface area contributed by atoms with Gasteiger partial charge < -0.3 is 5.32 Å². The molecule has 1 heterocycles. The predicted molar refractivity (Wildman–Crippen MR) is 63.7 cm³/mol. The van der Waals surface area contributed by atoms with Crippen LogP contribution in [0.15, 0.2) is 36.4 Å². The van der Waals surface area contributed by atoms with Gasteiger partial charge in [-0.1, -0.05) is 11.6 Å². The van der Waals surface area contributed by atoms with Crippen molar-refractivity contribution in [3.05, 3.63) is 52.9 Å². The van der Waals surface area contributed by atoms with Crippen LogP contribution in [-0.2, 0) is 0 Å². The maximum atomic E-state index is 13.4. The monoisotopic (exact) mass is 236 g/mol. The fourth-order valence-electron chi connectivity index (χ4n) is 1.30. The van der Waals surface area contributed by atoms with Crippen LogP contribution >= 0.6 is 11.6 Å². The Morgan fingerprint density at radius 3 is 2.50 bits per heavy atom. The van der Waals surface area contributed by atoms with Crippen LogP contribution in [0.2, 0.25) is 5.02 Å². The van der Waals surface area contributed by atoms with E-state index >= 15 is 0 Å². The van der Waals surface area contributed by atoms with Gasteiger partial charge in [0.2, 0.25) is 0 Å². The van der Waals surface area contributed by atoms with Crippen molar-refractivity contribution in [2.24, 2.45) is 0 Å². The molecule has 1 aromatic carbocycles. The lowest BCUT2D eigenvalue weighted by Crippen LogP contribution is -1.98. The molecule has 2 rings (SSSR count). The van der Waals surface area contributed by atoms with Gasteiger partial charge in [-0.2, -0.15) is 0 Å². The Bertz CT molecular complexity index is 497. The molecule has 0 aliphatic rings. The number of rotatable bonds is 2. The van der Waals surface area contributed by atoms with Gasteiger partial charge in [0.1, 0.15) is 0 Å². The summed E-state index contributed by atoms with van der Waals surface area (Å²) in [6.07, 6.45) is 0. The first-order chi connectivity index (χ1) is 7.65. The number of nitrogens with one attached hydrogen (secondary N) is 1. The molecule has 0 bridgehead atoms. The van der Waals surface area contributed by atoms with Gasteiger partial charge in [0.15, 0.2) is 11.6 Å². The molecule has 0 aliphatic carbocycles. The van der Waals surface area contributed by atoms with Gasteiger partial charge >= 0.3 is 0 Å². The molecule has 2 nitrogen and oxygen atoms in total. The summed E-state index contributed by atoms with van der Waals surface area (Å²) in [5, 5.41) is 3.54. The van der Waals surface area contributed by atoms with E-state index < -0.39 is 0 Å². The highest BCUT2D eigenvalue weighted by molar-refractivity contribution is 6.30. The Balaban J connectivity index is 2.26. The molecule has 0 atom stereocenters. The standard InChI is InChI=1S/C12H10ClFN2/c1-8-2-7-11(14)12(15-8)16-10-5-3-9(13)4-6-10/h2-7H,1H3,(H,15,16). The summed E-state index contributed by atoms with van der Waals surface area (Å²) < 4.78 is 13.4. The molecule has 0 aliphatic heterocycles. The predicted octanol–water partition coefficient (Wildman–Crippen LogP) is 3.93. The lowest BCUT2D eigenvalue weighted by molar-refractivity contribution is 0.625. The molecule has 16 heavy (non-hydrogen) atoms. The van der Waals surface area contributed by atoms with E-state index in [1.807, 2.05) is 6.92 Å². The maximum Gasteiger partial charge on any atom is 0.166 e. The molecule has 1 aromatic heterocycles. The third-order valence-corrected chi connectivity index (χ3v) is 2.34. The Kier molecular flexibility index (Phi) is 3.06. The number of anilines is 2. The Hall–Kier alpha value is -1.61. The summed E-state index contributed by atoms with van der Waals surface area (Å²) in [6, 6.07) is 10.0. The average molecular weight is 237 g/mol. The number of nitrogens with zero attached hydrogens (tertiary/aromatic N) is 1. The molecule has 0 spiro atoms. The van der Waals surface area contributed by atoms with E-state index in [4.69, 9.17) is 11.6 Å². The summed E-state index contributed by atoms with van der Waals surface area (Å²) in [5.74, 6) is -0.150. The molecule has 0 unspecified atom stereocenters. The number of aromatic nitrogens is 1. The minimum Gasteiger partial charge on any atom is -0.338 e. The molecule has 0 amide bonds. The summed E-state index contributed by atoms with van der Waals surface area (Å²) in [5.41, 5.74) is 1.51. The highest BCUT2D eigenvalue weighted by atomic mass is 35.5. The first-order valence-corrected chi connectivity index (χ1v) is 5.19. The lowest BCUT2D eigenvalue weighted by Gasteiger charge is -2.07. The number of aryl methyl sites for hydroxylation is 1. The smallest absolute Gasteiger partial charge is 0.166 e. The zero-order valence-corrected chi connectivity index (χ0v) is 9.42. The van der Waals surface area contributed by atoms with Crippen molar-refractivity contribution in [1.29, 1.82) is 0 Å². The van der Waals surface area contributed by atoms with Gasteiger partial charge in [-0.05, 0) is 43.3 Å². The van der Waals surface area contributed by atoms with E-state index in [-0.39, 0.29) is 11.6 Å². The molecule has 82 valence electrons. The van der Waals surface area contributed by atoms with E-state index in [2.05, 4.69) is 10.3 Å². The van der Waals surface area contributed by atoms with Crippen molar-refractivity contribution < 1.29 is 4.39 Å². The Morgan fingerprint density at radius 1 is 1.12 bits per heavy atom. The highest BCUT2D eigenvalue weighted by Crippen LogP contribution is 2.19. The molecule has 1 N–H and O–H groups in total. The molecule has 0 saturated heterocycles.